The quantitative estimate of drug-likeness (QED) is 0.874. The van der Waals surface area contributed by atoms with E-state index in [-0.39, 0.29) is 11.9 Å². The van der Waals surface area contributed by atoms with Crippen LogP contribution in [0.25, 0.3) is 0 Å². The average molecular weight is 363 g/mol. The van der Waals surface area contributed by atoms with E-state index in [4.69, 9.17) is 23.2 Å². The molecule has 24 heavy (non-hydrogen) atoms. The molecule has 5 heteroatoms. The van der Waals surface area contributed by atoms with Gasteiger partial charge in [0, 0.05) is 41.3 Å². The van der Waals surface area contributed by atoms with Crippen LogP contribution in [0.5, 0.6) is 0 Å². The number of piperidine rings is 1. The zero-order chi connectivity index (χ0) is 16.9. The van der Waals surface area contributed by atoms with Gasteiger partial charge in [-0.25, -0.2) is 0 Å². The summed E-state index contributed by atoms with van der Waals surface area (Å²) in [6.45, 7) is 2.89. The monoisotopic (exact) mass is 362 g/mol. The van der Waals surface area contributed by atoms with Crippen LogP contribution < -0.4 is 5.32 Å². The number of nitrogens with one attached hydrogen (secondary N) is 1. The van der Waals surface area contributed by atoms with Crippen LogP contribution >= 0.6 is 23.2 Å². The fourth-order valence-corrected chi connectivity index (χ4v) is 3.21. The van der Waals surface area contributed by atoms with E-state index < -0.39 is 0 Å². The number of nitrogens with zero attached hydrogens (tertiary/aromatic N) is 1. The number of carbonyl (C=O) groups is 1. The maximum Gasteiger partial charge on any atom is 0.251 e. The molecule has 0 saturated carbocycles. The van der Waals surface area contributed by atoms with E-state index in [0.29, 0.717) is 10.6 Å². The fraction of sp³-hybridized carbons (Fsp3) is 0.316. The first kappa shape index (κ1) is 17.3. The molecule has 126 valence electrons. The third kappa shape index (κ3) is 4.73. The molecule has 0 spiro atoms. The van der Waals surface area contributed by atoms with E-state index in [0.717, 1.165) is 37.5 Å². The molecule has 1 fully saturated rings. The molecule has 0 aliphatic carbocycles. The Morgan fingerprint density at radius 3 is 2.08 bits per heavy atom. The van der Waals surface area contributed by atoms with Crippen LogP contribution in [0.3, 0.4) is 0 Å². The summed E-state index contributed by atoms with van der Waals surface area (Å²) in [6, 6.07) is 15.2. The topological polar surface area (TPSA) is 32.3 Å². The Balaban J connectivity index is 1.47. The van der Waals surface area contributed by atoms with Crippen LogP contribution in [0.1, 0.15) is 28.8 Å². The van der Waals surface area contributed by atoms with Crippen molar-refractivity contribution in [3.63, 3.8) is 0 Å². The van der Waals surface area contributed by atoms with Crippen molar-refractivity contribution in [3.8, 4) is 0 Å². The first-order valence-electron chi connectivity index (χ1n) is 8.13. The third-order valence-electron chi connectivity index (χ3n) is 4.35. The molecule has 3 nitrogen and oxygen atoms in total. The average Bonchev–Trinajstić information content (AvgIpc) is 2.59. The number of benzene rings is 2. The second-order valence-electron chi connectivity index (χ2n) is 6.16. The van der Waals surface area contributed by atoms with Gasteiger partial charge in [-0.3, -0.25) is 9.69 Å². The number of hydrogen-bond acceptors (Lipinski definition) is 2. The Bertz CT molecular complexity index is 678. The Kier molecular flexibility index (Phi) is 5.77. The molecule has 0 atom stereocenters. The first-order chi connectivity index (χ1) is 11.6. The molecule has 0 aromatic heterocycles. The van der Waals surface area contributed by atoms with Crippen LogP contribution in [0, 0.1) is 0 Å². The van der Waals surface area contributed by atoms with Crippen molar-refractivity contribution in [2.24, 2.45) is 0 Å². The molecule has 2 aromatic carbocycles. The Morgan fingerprint density at radius 1 is 0.958 bits per heavy atom. The summed E-state index contributed by atoms with van der Waals surface area (Å²) in [5.41, 5.74) is 1.92. The van der Waals surface area contributed by atoms with Gasteiger partial charge < -0.3 is 5.32 Å². The van der Waals surface area contributed by atoms with Crippen molar-refractivity contribution < 1.29 is 4.79 Å². The summed E-state index contributed by atoms with van der Waals surface area (Å²) in [7, 11) is 0. The SMILES string of the molecule is O=C(NC1CCN(Cc2ccc(Cl)cc2)CC1)c1ccc(Cl)cc1. The van der Waals surface area contributed by atoms with Gasteiger partial charge in [0.15, 0.2) is 0 Å². The molecule has 1 aliphatic rings. The van der Waals surface area contributed by atoms with Crippen molar-refractivity contribution in [3.05, 3.63) is 69.7 Å². The molecular weight excluding hydrogens is 343 g/mol. The smallest absolute Gasteiger partial charge is 0.251 e. The van der Waals surface area contributed by atoms with Gasteiger partial charge in [-0.1, -0.05) is 35.3 Å². The number of rotatable bonds is 4. The number of hydrogen-bond donors (Lipinski definition) is 1. The predicted octanol–water partition coefficient (Wildman–Crippen LogP) is 4.39. The lowest BCUT2D eigenvalue weighted by Crippen LogP contribution is -2.44. The van der Waals surface area contributed by atoms with Gasteiger partial charge >= 0.3 is 0 Å². The Labute approximate surface area is 152 Å². The van der Waals surface area contributed by atoms with Crippen molar-refractivity contribution in [1.29, 1.82) is 0 Å². The minimum Gasteiger partial charge on any atom is -0.349 e. The summed E-state index contributed by atoms with van der Waals surface area (Å²) in [6.07, 6.45) is 1.93. The lowest BCUT2D eigenvalue weighted by atomic mass is 10.0. The van der Waals surface area contributed by atoms with Gasteiger partial charge in [-0.2, -0.15) is 0 Å². The van der Waals surface area contributed by atoms with E-state index >= 15 is 0 Å². The van der Waals surface area contributed by atoms with Crippen molar-refractivity contribution in [1.82, 2.24) is 10.2 Å². The second-order valence-corrected chi connectivity index (χ2v) is 7.03. The highest BCUT2D eigenvalue weighted by Crippen LogP contribution is 2.17. The minimum atomic E-state index is -0.0252. The molecule has 2 aromatic rings. The van der Waals surface area contributed by atoms with Crippen molar-refractivity contribution in [2.75, 3.05) is 13.1 Å². The molecule has 0 bridgehead atoms. The summed E-state index contributed by atoms with van der Waals surface area (Å²) < 4.78 is 0. The maximum atomic E-state index is 12.2. The van der Waals surface area contributed by atoms with Gasteiger partial charge in [0.2, 0.25) is 0 Å². The van der Waals surface area contributed by atoms with E-state index in [1.807, 2.05) is 12.1 Å². The number of amides is 1. The molecule has 0 radical (unpaired) electrons. The normalized spacial score (nSPS) is 16.1. The summed E-state index contributed by atoms with van der Waals surface area (Å²) in [5.74, 6) is -0.0252. The van der Waals surface area contributed by atoms with Gasteiger partial charge in [0.25, 0.3) is 5.91 Å². The fourth-order valence-electron chi connectivity index (χ4n) is 2.95. The third-order valence-corrected chi connectivity index (χ3v) is 4.85. The zero-order valence-corrected chi connectivity index (χ0v) is 14.9. The van der Waals surface area contributed by atoms with Crippen LogP contribution in [-0.2, 0) is 6.54 Å². The van der Waals surface area contributed by atoms with E-state index in [9.17, 15) is 4.79 Å². The highest BCUT2D eigenvalue weighted by Gasteiger charge is 2.21. The van der Waals surface area contributed by atoms with Crippen molar-refractivity contribution in [2.45, 2.75) is 25.4 Å². The molecule has 3 rings (SSSR count). The van der Waals surface area contributed by atoms with Gasteiger partial charge in [-0.05, 0) is 54.8 Å². The molecule has 1 aliphatic heterocycles. The second kappa shape index (κ2) is 8.02. The number of likely N-dealkylation sites (tertiary alicyclic amines) is 1. The van der Waals surface area contributed by atoms with E-state index in [1.54, 1.807) is 24.3 Å². The standard InChI is InChI=1S/C19H20Cl2N2O/c20-16-5-1-14(2-6-16)13-23-11-9-18(10-12-23)22-19(24)15-3-7-17(21)8-4-15/h1-8,18H,9-13H2,(H,22,24). The molecule has 1 amide bonds. The van der Waals surface area contributed by atoms with Crippen LogP contribution in [-0.4, -0.2) is 29.9 Å². The minimum absolute atomic E-state index is 0.0252. The lowest BCUT2D eigenvalue weighted by Gasteiger charge is -2.32. The molecular formula is C19H20Cl2N2O. The summed E-state index contributed by atoms with van der Waals surface area (Å²) in [5, 5.41) is 4.53. The molecule has 0 unspecified atom stereocenters. The Hall–Kier alpha value is -1.55. The highest BCUT2D eigenvalue weighted by molar-refractivity contribution is 6.30. The molecule has 1 N–H and O–H groups in total. The van der Waals surface area contributed by atoms with Crippen LogP contribution in [0.15, 0.2) is 48.5 Å². The number of halogens is 2. The maximum absolute atomic E-state index is 12.2. The lowest BCUT2D eigenvalue weighted by molar-refractivity contribution is 0.0909. The van der Waals surface area contributed by atoms with E-state index in [1.165, 1.54) is 5.56 Å². The molecule has 1 saturated heterocycles. The number of carbonyl (C=O) groups excluding carboxylic acids is 1. The molecule has 1 heterocycles. The van der Waals surface area contributed by atoms with Crippen molar-refractivity contribution >= 4 is 29.1 Å². The van der Waals surface area contributed by atoms with Crippen LogP contribution in [0.2, 0.25) is 10.0 Å². The Morgan fingerprint density at radius 2 is 1.50 bits per heavy atom. The summed E-state index contributed by atoms with van der Waals surface area (Å²) >= 11 is 11.8. The predicted molar refractivity (Wildman–Crippen MR) is 98.7 cm³/mol. The zero-order valence-electron chi connectivity index (χ0n) is 13.3. The van der Waals surface area contributed by atoms with E-state index in [2.05, 4.69) is 22.3 Å². The largest absolute Gasteiger partial charge is 0.349 e. The highest BCUT2D eigenvalue weighted by atomic mass is 35.5. The van der Waals surface area contributed by atoms with Crippen LogP contribution in [0.4, 0.5) is 0 Å². The van der Waals surface area contributed by atoms with Gasteiger partial charge in [0.05, 0.1) is 0 Å². The van der Waals surface area contributed by atoms with Gasteiger partial charge in [0.1, 0.15) is 0 Å². The van der Waals surface area contributed by atoms with Gasteiger partial charge in [-0.15, -0.1) is 0 Å². The summed E-state index contributed by atoms with van der Waals surface area (Å²) in [4.78, 5) is 14.7. The first-order valence-corrected chi connectivity index (χ1v) is 8.89.